The zero-order valence-electron chi connectivity index (χ0n) is 10.3. The van der Waals surface area contributed by atoms with Crippen molar-refractivity contribution >= 4 is 16.7 Å². The summed E-state index contributed by atoms with van der Waals surface area (Å²) in [6, 6.07) is 7.15. The first-order valence-corrected chi connectivity index (χ1v) is 6.00. The third kappa shape index (κ3) is 2.80. The molecule has 0 aliphatic heterocycles. The molecule has 1 aromatic carbocycles. The number of unbranched alkanes of at least 4 members (excludes halogenated alkanes) is 1. The van der Waals surface area contributed by atoms with Gasteiger partial charge in [-0.3, -0.25) is 4.79 Å². The Morgan fingerprint density at radius 2 is 2.06 bits per heavy atom. The van der Waals surface area contributed by atoms with Crippen LogP contribution in [0.3, 0.4) is 0 Å². The molecule has 0 amide bonds. The highest BCUT2D eigenvalue weighted by molar-refractivity contribution is 5.76. The second-order valence-electron chi connectivity index (χ2n) is 4.29. The van der Waals surface area contributed by atoms with Crippen molar-refractivity contribution in [3.05, 3.63) is 34.6 Å². The lowest BCUT2D eigenvalue weighted by Gasteiger charge is -2.03. The van der Waals surface area contributed by atoms with E-state index in [9.17, 15) is 9.59 Å². The van der Waals surface area contributed by atoms with Gasteiger partial charge in [-0.15, -0.1) is 5.10 Å². The van der Waals surface area contributed by atoms with E-state index < -0.39 is 0 Å². The normalized spacial score (nSPS) is 10.7. The van der Waals surface area contributed by atoms with Gasteiger partial charge in [-0.05, 0) is 31.9 Å². The van der Waals surface area contributed by atoms with Gasteiger partial charge in [0.15, 0.2) is 0 Å². The molecule has 1 heterocycles. The monoisotopic (exact) mass is 245 g/mol. The quantitative estimate of drug-likeness (QED) is 0.750. The number of ketones is 1. The average Bonchev–Trinajstić information content (AvgIpc) is 2.37. The fraction of sp³-hybridized carbons (Fsp3) is 0.385. The molecule has 5 heteroatoms. The van der Waals surface area contributed by atoms with Crippen LogP contribution in [0.5, 0.6) is 0 Å². The lowest BCUT2D eigenvalue weighted by atomic mass is 10.2. The van der Waals surface area contributed by atoms with Crippen LogP contribution in [-0.2, 0) is 11.3 Å². The number of aryl methyl sites for hydroxylation is 1. The van der Waals surface area contributed by atoms with E-state index in [1.807, 2.05) is 12.1 Å². The fourth-order valence-electron chi connectivity index (χ4n) is 1.81. The van der Waals surface area contributed by atoms with Crippen molar-refractivity contribution in [2.75, 3.05) is 0 Å². The molecule has 0 spiro atoms. The van der Waals surface area contributed by atoms with Crippen LogP contribution in [-0.4, -0.2) is 20.8 Å². The summed E-state index contributed by atoms with van der Waals surface area (Å²) in [5, 5.41) is 8.48. The van der Waals surface area contributed by atoms with E-state index in [1.165, 1.54) is 4.68 Å². The molecule has 0 bridgehead atoms. The Balaban J connectivity index is 2.12. The Kier molecular flexibility index (Phi) is 3.82. The number of nitrogens with zero attached hydrogens (tertiary/aromatic N) is 3. The first kappa shape index (κ1) is 12.4. The van der Waals surface area contributed by atoms with Crippen LogP contribution in [0.4, 0.5) is 0 Å². The Bertz CT molecular complexity index is 619. The molecule has 0 unspecified atom stereocenters. The van der Waals surface area contributed by atoms with Crippen LogP contribution in [0.25, 0.3) is 10.9 Å². The van der Waals surface area contributed by atoms with Gasteiger partial charge in [0.05, 0.1) is 5.39 Å². The molecule has 0 saturated carbocycles. The van der Waals surface area contributed by atoms with Gasteiger partial charge >= 0.3 is 0 Å². The van der Waals surface area contributed by atoms with Crippen LogP contribution >= 0.6 is 0 Å². The Morgan fingerprint density at radius 1 is 1.28 bits per heavy atom. The third-order valence-corrected chi connectivity index (χ3v) is 2.78. The number of carbonyl (C=O) groups is 1. The molecule has 0 aliphatic carbocycles. The molecule has 0 atom stereocenters. The van der Waals surface area contributed by atoms with Crippen molar-refractivity contribution in [3.63, 3.8) is 0 Å². The van der Waals surface area contributed by atoms with E-state index in [-0.39, 0.29) is 11.3 Å². The van der Waals surface area contributed by atoms with Crippen molar-refractivity contribution < 1.29 is 4.79 Å². The van der Waals surface area contributed by atoms with Gasteiger partial charge in [-0.25, -0.2) is 4.68 Å². The van der Waals surface area contributed by atoms with E-state index in [0.29, 0.717) is 23.9 Å². The van der Waals surface area contributed by atoms with Crippen molar-refractivity contribution in [1.82, 2.24) is 15.0 Å². The summed E-state index contributed by atoms with van der Waals surface area (Å²) in [5.74, 6) is 0.173. The molecule has 5 nitrogen and oxygen atoms in total. The second kappa shape index (κ2) is 5.53. The minimum absolute atomic E-state index is 0.122. The number of fused-ring (bicyclic) bond motifs is 1. The molecular weight excluding hydrogens is 230 g/mol. The van der Waals surface area contributed by atoms with Gasteiger partial charge in [0, 0.05) is 13.0 Å². The summed E-state index contributed by atoms with van der Waals surface area (Å²) in [6.07, 6.45) is 2.08. The maximum Gasteiger partial charge on any atom is 0.277 e. The second-order valence-corrected chi connectivity index (χ2v) is 4.29. The number of hydrogen-bond donors (Lipinski definition) is 0. The summed E-state index contributed by atoms with van der Waals surface area (Å²) in [4.78, 5) is 22.9. The number of Topliss-reactive ketones (excluding diaryl/α,β-unsaturated/α-hetero) is 1. The largest absolute Gasteiger partial charge is 0.300 e. The summed E-state index contributed by atoms with van der Waals surface area (Å²) in [5.41, 5.74) is 0.492. The molecule has 0 N–H and O–H groups in total. The highest BCUT2D eigenvalue weighted by Crippen LogP contribution is 2.04. The van der Waals surface area contributed by atoms with E-state index in [2.05, 4.69) is 10.3 Å². The van der Waals surface area contributed by atoms with E-state index >= 15 is 0 Å². The van der Waals surface area contributed by atoms with Gasteiger partial charge in [-0.1, -0.05) is 17.3 Å². The smallest absolute Gasteiger partial charge is 0.277 e. The highest BCUT2D eigenvalue weighted by Gasteiger charge is 2.04. The number of carbonyl (C=O) groups excluding carboxylic acids is 1. The lowest BCUT2D eigenvalue weighted by Crippen LogP contribution is -2.24. The van der Waals surface area contributed by atoms with Gasteiger partial charge < -0.3 is 4.79 Å². The number of hydrogen-bond acceptors (Lipinski definition) is 4. The Hall–Kier alpha value is -2.04. The molecule has 0 saturated heterocycles. The van der Waals surface area contributed by atoms with Crippen LogP contribution in [0.1, 0.15) is 26.2 Å². The summed E-state index contributed by atoms with van der Waals surface area (Å²) >= 11 is 0. The molecule has 0 radical (unpaired) electrons. The maximum absolute atomic E-state index is 12.1. The van der Waals surface area contributed by atoms with Crippen LogP contribution in [0, 0.1) is 0 Å². The standard InChI is InChI=1S/C13H15N3O2/c1-10(17)6-4-5-9-16-13(18)11-7-2-3-8-12(11)14-15-16/h2-3,7-8H,4-6,9H2,1H3. The SMILES string of the molecule is CC(=O)CCCCn1nnc2ccccc2c1=O. The van der Waals surface area contributed by atoms with Crippen molar-refractivity contribution in [2.24, 2.45) is 0 Å². The van der Waals surface area contributed by atoms with Crippen molar-refractivity contribution in [2.45, 2.75) is 32.7 Å². The fourth-order valence-corrected chi connectivity index (χ4v) is 1.81. The zero-order valence-corrected chi connectivity index (χ0v) is 10.3. The topological polar surface area (TPSA) is 64.8 Å². The molecular formula is C13H15N3O2. The summed E-state index contributed by atoms with van der Waals surface area (Å²) in [6.45, 7) is 2.08. The predicted molar refractivity (Wildman–Crippen MR) is 68.3 cm³/mol. The number of aromatic nitrogens is 3. The zero-order chi connectivity index (χ0) is 13.0. The third-order valence-electron chi connectivity index (χ3n) is 2.78. The number of rotatable bonds is 5. The number of benzene rings is 1. The first-order valence-electron chi connectivity index (χ1n) is 6.00. The predicted octanol–water partition coefficient (Wildman–Crippen LogP) is 1.55. The molecule has 0 aliphatic rings. The van der Waals surface area contributed by atoms with E-state index in [4.69, 9.17) is 0 Å². The van der Waals surface area contributed by atoms with Gasteiger partial charge in [0.25, 0.3) is 5.56 Å². The van der Waals surface area contributed by atoms with Crippen molar-refractivity contribution in [3.8, 4) is 0 Å². The average molecular weight is 245 g/mol. The van der Waals surface area contributed by atoms with Gasteiger partial charge in [0.1, 0.15) is 11.3 Å². The molecule has 0 fully saturated rings. The minimum Gasteiger partial charge on any atom is -0.300 e. The first-order chi connectivity index (χ1) is 8.68. The molecule has 1 aromatic heterocycles. The molecule has 94 valence electrons. The molecule has 2 rings (SSSR count). The highest BCUT2D eigenvalue weighted by atomic mass is 16.1. The van der Waals surface area contributed by atoms with Crippen LogP contribution in [0.2, 0.25) is 0 Å². The molecule has 18 heavy (non-hydrogen) atoms. The van der Waals surface area contributed by atoms with Gasteiger partial charge in [-0.2, -0.15) is 0 Å². The minimum atomic E-state index is -0.122. The molecule has 2 aromatic rings. The lowest BCUT2D eigenvalue weighted by molar-refractivity contribution is -0.117. The van der Waals surface area contributed by atoms with Crippen LogP contribution in [0.15, 0.2) is 29.1 Å². The summed E-state index contributed by atoms with van der Waals surface area (Å²) < 4.78 is 1.36. The Labute approximate surface area is 104 Å². The maximum atomic E-state index is 12.1. The van der Waals surface area contributed by atoms with E-state index in [0.717, 1.165) is 12.8 Å². The van der Waals surface area contributed by atoms with Crippen LogP contribution < -0.4 is 5.56 Å². The van der Waals surface area contributed by atoms with Crippen molar-refractivity contribution in [1.29, 1.82) is 0 Å². The van der Waals surface area contributed by atoms with E-state index in [1.54, 1.807) is 19.1 Å². The Morgan fingerprint density at radius 3 is 2.83 bits per heavy atom. The summed E-state index contributed by atoms with van der Waals surface area (Å²) in [7, 11) is 0. The van der Waals surface area contributed by atoms with Gasteiger partial charge in [0.2, 0.25) is 0 Å².